The SMILES string of the molecule is O=[N+]([O-])c1ccccc1-c1nc(-c2cccs2)no1. The number of aromatic nitrogens is 2. The van der Waals surface area contributed by atoms with Gasteiger partial charge in [0.2, 0.25) is 5.82 Å². The predicted molar refractivity (Wildman–Crippen MR) is 69.7 cm³/mol. The first-order valence-corrected chi connectivity index (χ1v) is 6.25. The molecule has 3 rings (SSSR count). The number of thiophene rings is 1. The van der Waals surface area contributed by atoms with Crippen LogP contribution in [0.25, 0.3) is 22.2 Å². The molecule has 94 valence electrons. The zero-order valence-electron chi connectivity index (χ0n) is 9.52. The van der Waals surface area contributed by atoms with E-state index in [0.29, 0.717) is 11.4 Å². The van der Waals surface area contributed by atoms with Gasteiger partial charge in [-0.05, 0) is 17.5 Å². The smallest absolute Gasteiger partial charge is 0.282 e. The number of benzene rings is 1. The molecule has 2 heterocycles. The summed E-state index contributed by atoms with van der Waals surface area (Å²) in [5.74, 6) is 0.582. The van der Waals surface area contributed by atoms with Gasteiger partial charge in [0.1, 0.15) is 5.56 Å². The van der Waals surface area contributed by atoms with Crippen LogP contribution in [-0.2, 0) is 0 Å². The highest BCUT2D eigenvalue weighted by Gasteiger charge is 2.20. The van der Waals surface area contributed by atoms with E-state index in [0.717, 1.165) is 4.88 Å². The van der Waals surface area contributed by atoms with Crippen molar-refractivity contribution in [1.29, 1.82) is 0 Å². The summed E-state index contributed by atoms with van der Waals surface area (Å²) in [6.45, 7) is 0. The van der Waals surface area contributed by atoms with E-state index in [-0.39, 0.29) is 11.6 Å². The minimum absolute atomic E-state index is 0.0520. The first kappa shape index (κ1) is 11.5. The molecule has 19 heavy (non-hydrogen) atoms. The lowest BCUT2D eigenvalue weighted by Gasteiger charge is -1.95. The monoisotopic (exact) mass is 273 g/mol. The third-order valence-electron chi connectivity index (χ3n) is 2.50. The Kier molecular flexibility index (Phi) is 2.81. The van der Waals surface area contributed by atoms with Crippen molar-refractivity contribution in [2.24, 2.45) is 0 Å². The molecular weight excluding hydrogens is 266 g/mol. The lowest BCUT2D eigenvalue weighted by atomic mass is 10.2. The molecule has 1 aromatic carbocycles. The molecule has 0 unspecified atom stereocenters. The number of para-hydroxylation sites is 1. The van der Waals surface area contributed by atoms with Crippen molar-refractivity contribution >= 4 is 17.0 Å². The Bertz CT molecular complexity index is 721. The fraction of sp³-hybridized carbons (Fsp3) is 0. The molecule has 6 nitrogen and oxygen atoms in total. The van der Waals surface area contributed by atoms with Gasteiger partial charge in [-0.25, -0.2) is 0 Å². The van der Waals surface area contributed by atoms with Gasteiger partial charge in [-0.15, -0.1) is 11.3 Å². The topological polar surface area (TPSA) is 82.1 Å². The van der Waals surface area contributed by atoms with Crippen molar-refractivity contribution in [3.8, 4) is 22.2 Å². The third kappa shape index (κ3) is 2.11. The van der Waals surface area contributed by atoms with Gasteiger partial charge in [-0.1, -0.05) is 23.4 Å². The average molecular weight is 273 g/mol. The molecule has 0 saturated heterocycles. The first-order chi connectivity index (χ1) is 9.25. The van der Waals surface area contributed by atoms with E-state index < -0.39 is 4.92 Å². The van der Waals surface area contributed by atoms with Crippen LogP contribution in [0, 0.1) is 10.1 Å². The van der Waals surface area contributed by atoms with Gasteiger partial charge in [0, 0.05) is 6.07 Å². The fourth-order valence-electron chi connectivity index (χ4n) is 1.65. The highest BCUT2D eigenvalue weighted by Crippen LogP contribution is 2.30. The molecule has 7 heteroatoms. The van der Waals surface area contributed by atoms with E-state index in [9.17, 15) is 10.1 Å². The van der Waals surface area contributed by atoms with Crippen LogP contribution in [0.4, 0.5) is 5.69 Å². The van der Waals surface area contributed by atoms with Crippen LogP contribution in [0.5, 0.6) is 0 Å². The van der Waals surface area contributed by atoms with Crippen LogP contribution in [0.3, 0.4) is 0 Å². The van der Waals surface area contributed by atoms with Gasteiger partial charge < -0.3 is 4.52 Å². The van der Waals surface area contributed by atoms with E-state index in [1.54, 1.807) is 18.2 Å². The van der Waals surface area contributed by atoms with Crippen molar-refractivity contribution < 1.29 is 9.45 Å². The van der Waals surface area contributed by atoms with E-state index in [2.05, 4.69) is 10.1 Å². The number of hydrogen-bond acceptors (Lipinski definition) is 6. The Morgan fingerprint density at radius 1 is 1.21 bits per heavy atom. The summed E-state index contributed by atoms with van der Waals surface area (Å²) in [5.41, 5.74) is 0.270. The van der Waals surface area contributed by atoms with Gasteiger partial charge >= 0.3 is 0 Å². The van der Waals surface area contributed by atoms with Crippen molar-refractivity contribution in [3.63, 3.8) is 0 Å². The molecule has 2 aromatic heterocycles. The predicted octanol–water partition coefficient (Wildman–Crippen LogP) is 3.37. The average Bonchev–Trinajstić information content (AvgIpc) is 3.09. The molecule has 0 aliphatic carbocycles. The zero-order valence-corrected chi connectivity index (χ0v) is 10.3. The number of hydrogen-bond donors (Lipinski definition) is 0. The number of rotatable bonds is 3. The van der Waals surface area contributed by atoms with E-state index >= 15 is 0 Å². The highest BCUT2D eigenvalue weighted by atomic mass is 32.1. The maximum Gasteiger partial charge on any atom is 0.282 e. The Morgan fingerprint density at radius 2 is 2.05 bits per heavy atom. The molecule has 0 aliphatic heterocycles. The molecule has 0 radical (unpaired) electrons. The summed E-state index contributed by atoms with van der Waals surface area (Å²) in [6, 6.07) is 10.0. The van der Waals surface area contributed by atoms with Crippen molar-refractivity contribution in [3.05, 3.63) is 51.9 Å². The second-order valence-corrected chi connectivity index (χ2v) is 4.62. The normalized spacial score (nSPS) is 10.5. The summed E-state index contributed by atoms with van der Waals surface area (Å²) < 4.78 is 5.11. The molecule has 0 atom stereocenters. The maximum atomic E-state index is 10.9. The Balaban J connectivity index is 2.06. The Hall–Kier alpha value is -2.54. The van der Waals surface area contributed by atoms with Crippen LogP contribution in [-0.4, -0.2) is 15.1 Å². The van der Waals surface area contributed by atoms with Gasteiger partial charge in [-0.2, -0.15) is 4.98 Å². The number of nitro benzene ring substituents is 1. The summed E-state index contributed by atoms with van der Waals surface area (Å²) in [6.07, 6.45) is 0. The molecule has 3 aromatic rings. The molecule has 0 bridgehead atoms. The van der Waals surface area contributed by atoms with Crippen LogP contribution in [0.1, 0.15) is 0 Å². The number of nitro groups is 1. The molecular formula is C12H7N3O3S. The van der Waals surface area contributed by atoms with Crippen LogP contribution in [0.2, 0.25) is 0 Å². The highest BCUT2D eigenvalue weighted by molar-refractivity contribution is 7.13. The lowest BCUT2D eigenvalue weighted by Crippen LogP contribution is -1.91. The second-order valence-electron chi connectivity index (χ2n) is 3.67. The van der Waals surface area contributed by atoms with Gasteiger partial charge in [0.25, 0.3) is 11.6 Å². The van der Waals surface area contributed by atoms with Gasteiger partial charge in [-0.3, -0.25) is 10.1 Å². The van der Waals surface area contributed by atoms with E-state index in [1.165, 1.54) is 17.4 Å². The summed E-state index contributed by atoms with van der Waals surface area (Å²) >= 11 is 1.48. The van der Waals surface area contributed by atoms with Crippen LogP contribution < -0.4 is 0 Å². The summed E-state index contributed by atoms with van der Waals surface area (Å²) in [7, 11) is 0. The van der Waals surface area contributed by atoms with Crippen molar-refractivity contribution in [2.75, 3.05) is 0 Å². The second kappa shape index (κ2) is 4.62. The van der Waals surface area contributed by atoms with Crippen LogP contribution >= 0.6 is 11.3 Å². The molecule has 0 N–H and O–H groups in total. The quantitative estimate of drug-likeness (QED) is 0.539. The molecule has 0 amide bonds. The summed E-state index contributed by atoms with van der Waals surface area (Å²) in [5, 5.41) is 16.7. The van der Waals surface area contributed by atoms with Crippen LogP contribution in [0.15, 0.2) is 46.3 Å². The summed E-state index contributed by atoms with van der Waals surface area (Å²) in [4.78, 5) is 15.5. The van der Waals surface area contributed by atoms with Crippen molar-refractivity contribution in [2.45, 2.75) is 0 Å². The molecule has 0 aliphatic rings. The molecule has 0 saturated carbocycles. The largest absolute Gasteiger partial charge is 0.333 e. The minimum atomic E-state index is -0.468. The first-order valence-electron chi connectivity index (χ1n) is 5.37. The minimum Gasteiger partial charge on any atom is -0.333 e. The Labute approximate surface area is 111 Å². The standard InChI is InChI=1S/C12H7N3O3S/c16-15(17)9-5-2-1-4-8(9)12-13-11(14-18-12)10-6-3-7-19-10/h1-7H. The van der Waals surface area contributed by atoms with E-state index in [4.69, 9.17) is 4.52 Å². The molecule has 0 spiro atoms. The molecule has 0 fully saturated rings. The van der Waals surface area contributed by atoms with Gasteiger partial charge in [0.15, 0.2) is 0 Å². The third-order valence-corrected chi connectivity index (χ3v) is 3.36. The van der Waals surface area contributed by atoms with E-state index in [1.807, 2.05) is 17.5 Å². The number of nitrogens with zero attached hydrogens (tertiary/aromatic N) is 3. The fourth-order valence-corrected chi connectivity index (χ4v) is 2.30. The Morgan fingerprint density at radius 3 is 2.79 bits per heavy atom. The maximum absolute atomic E-state index is 10.9. The zero-order chi connectivity index (χ0) is 13.2. The van der Waals surface area contributed by atoms with Gasteiger partial charge in [0.05, 0.1) is 9.80 Å². The lowest BCUT2D eigenvalue weighted by molar-refractivity contribution is -0.384. The van der Waals surface area contributed by atoms with Crippen molar-refractivity contribution in [1.82, 2.24) is 10.1 Å².